The third kappa shape index (κ3) is 2.89. The summed E-state index contributed by atoms with van der Waals surface area (Å²) in [4.78, 5) is 12.8. The van der Waals surface area contributed by atoms with E-state index in [0.29, 0.717) is 5.56 Å². The van der Waals surface area contributed by atoms with E-state index in [2.05, 4.69) is 4.74 Å². The van der Waals surface area contributed by atoms with Gasteiger partial charge in [0, 0.05) is 6.07 Å². The van der Waals surface area contributed by atoms with Crippen LogP contribution in [0.25, 0.3) is 0 Å². The maximum atomic E-state index is 11.8. The molecule has 0 bridgehead atoms. The monoisotopic (exact) mass is 319 g/mol. The molecule has 0 radical (unpaired) electrons. The van der Waals surface area contributed by atoms with Crippen molar-refractivity contribution in [1.82, 2.24) is 4.98 Å². The van der Waals surface area contributed by atoms with Crippen LogP contribution in [0.4, 0.5) is 13.2 Å². The number of pyridine rings is 1. The van der Waals surface area contributed by atoms with Crippen LogP contribution in [0.15, 0.2) is 10.9 Å². The summed E-state index contributed by atoms with van der Waals surface area (Å²) in [5.41, 5.74) is -0.184. The second kappa shape index (κ2) is 3.79. The van der Waals surface area contributed by atoms with E-state index in [1.807, 2.05) is 4.98 Å². The first-order chi connectivity index (χ1) is 6.29. The molecule has 0 aromatic carbocycles. The second-order valence-corrected chi connectivity index (χ2v) is 3.59. The van der Waals surface area contributed by atoms with Crippen molar-refractivity contribution in [2.24, 2.45) is 0 Å². The predicted molar refractivity (Wildman–Crippen MR) is 51.2 cm³/mol. The number of H-pyrrole nitrogens is 1. The van der Waals surface area contributed by atoms with Crippen molar-refractivity contribution in [3.8, 4) is 5.88 Å². The Balaban J connectivity index is 3.15. The number of aryl methyl sites for hydroxylation is 1. The maximum absolute atomic E-state index is 11.8. The zero-order valence-electron chi connectivity index (χ0n) is 6.91. The Bertz CT molecular complexity index is 399. The van der Waals surface area contributed by atoms with E-state index in [1.165, 1.54) is 13.0 Å². The fourth-order valence-electron chi connectivity index (χ4n) is 0.828. The van der Waals surface area contributed by atoms with E-state index in [1.54, 1.807) is 22.6 Å². The molecule has 7 heteroatoms. The zero-order chi connectivity index (χ0) is 10.9. The predicted octanol–water partition coefficient (Wildman–Crippen LogP) is 2.19. The summed E-state index contributed by atoms with van der Waals surface area (Å²) in [6, 6.07) is 1.20. The molecule has 0 fully saturated rings. The van der Waals surface area contributed by atoms with E-state index in [-0.39, 0.29) is 3.57 Å². The van der Waals surface area contributed by atoms with Crippen molar-refractivity contribution in [2.75, 3.05) is 0 Å². The van der Waals surface area contributed by atoms with Crippen LogP contribution in [0.1, 0.15) is 5.56 Å². The first kappa shape index (κ1) is 11.3. The van der Waals surface area contributed by atoms with Crippen LogP contribution in [-0.2, 0) is 0 Å². The Kier molecular flexibility index (Phi) is 3.07. The van der Waals surface area contributed by atoms with Crippen molar-refractivity contribution >= 4 is 22.6 Å². The lowest BCUT2D eigenvalue weighted by molar-refractivity contribution is -0.276. The minimum absolute atomic E-state index is 0.236. The van der Waals surface area contributed by atoms with E-state index in [9.17, 15) is 18.0 Å². The van der Waals surface area contributed by atoms with Gasteiger partial charge in [-0.25, -0.2) is 0 Å². The molecule has 0 aliphatic heterocycles. The van der Waals surface area contributed by atoms with Gasteiger partial charge in [-0.15, -0.1) is 13.2 Å². The summed E-state index contributed by atoms with van der Waals surface area (Å²) in [6.45, 7) is 1.53. The van der Waals surface area contributed by atoms with Crippen molar-refractivity contribution < 1.29 is 17.9 Å². The molecule has 0 saturated carbocycles. The lowest BCUT2D eigenvalue weighted by Crippen LogP contribution is -2.21. The quantitative estimate of drug-likeness (QED) is 0.806. The fourth-order valence-corrected chi connectivity index (χ4v) is 1.23. The van der Waals surface area contributed by atoms with Crippen LogP contribution in [0.5, 0.6) is 5.88 Å². The summed E-state index contributed by atoms with van der Waals surface area (Å²) >= 11 is 1.67. The highest BCUT2D eigenvalue weighted by molar-refractivity contribution is 14.1. The molecule has 0 amide bonds. The van der Waals surface area contributed by atoms with E-state index >= 15 is 0 Å². The first-order valence-electron chi connectivity index (χ1n) is 3.45. The van der Waals surface area contributed by atoms with Crippen molar-refractivity contribution in [2.45, 2.75) is 13.3 Å². The van der Waals surface area contributed by atoms with Crippen molar-refractivity contribution in [3.05, 3.63) is 25.6 Å². The average molecular weight is 319 g/mol. The highest BCUT2D eigenvalue weighted by Gasteiger charge is 2.32. The van der Waals surface area contributed by atoms with Gasteiger partial charge >= 0.3 is 6.36 Å². The molecule has 0 aliphatic rings. The molecule has 1 aromatic heterocycles. The SMILES string of the molecule is Cc1cc(=O)[nH]c(OC(F)(F)F)c1I. The van der Waals surface area contributed by atoms with Gasteiger partial charge < -0.3 is 4.74 Å². The standard InChI is InChI=1S/C7H5F3INO2/c1-3-2-4(13)12-6(5(3)11)14-7(8,9)10/h2H,1H3,(H,12,13). The molecule has 1 heterocycles. The molecule has 0 aliphatic carbocycles. The van der Waals surface area contributed by atoms with Gasteiger partial charge in [0.1, 0.15) is 0 Å². The summed E-state index contributed by atoms with van der Waals surface area (Å²) < 4.78 is 39.4. The third-order valence-electron chi connectivity index (χ3n) is 1.35. The maximum Gasteiger partial charge on any atom is 0.574 e. The van der Waals surface area contributed by atoms with Crippen LogP contribution in [0, 0.1) is 10.5 Å². The lowest BCUT2D eigenvalue weighted by Gasteiger charge is -2.10. The fraction of sp³-hybridized carbons (Fsp3) is 0.286. The minimum atomic E-state index is -4.79. The summed E-state index contributed by atoms with van der Waals surface area (Å²) in [5, 5.41) is 0. The van der Waals surface area contributed by atoms with Crippen LogP contribution >= 0.6 is 22.6 Å². The van der Waals surface area contributed by atoms with Gasteiger partial charge in [-0.1, -0.05) is 0 Å². The number of aromatic amines is 1. The molecule has 0 unspecified atom stereocenters. The third-order valence-corrected chi connectivity index (χ3v) is 2.69. The second-order valence-electron chi connectivity index (χ2n) is 2.51. The number of alkyl halides is 3. The normalized spacial score (nSPS) is 11.5. The molecule has 78 valence electrons. The molecule has 1 rings (SSSR count). The smallest absolute Gasteiger partial charge is 0.389 e. The largest absolute Gasteiger partial charge is 0.574 e. The number of ether oxygens (including phenoxy) is 1. The number of halogens is 4. The number of hydrogen-bond acceptors (Lipinski definition) is 2. The average Bonchev–Trinajstić information content (AvgIpc) is 1.96. The summed E-state index contributed by atoms with van der Waals surface area (Å²) in [7, 11) is 0. The molecule has 0 spiro atoms. The van der Waals surface area contributed by atoms with Gasteiger partial charge in [-0.2, -0.15) is 0 Å². The van der Waals surface area contributed by atoms with Crippen molar-refractivity contribution in [1.29, 1.82) is 0 Å². The topological polar surface area (TPSA) is 42.1 Å². The molecular weight excluding hydrogens is 314 g/mol. The van der Waals surface area contributed by atoms with Crippen molar-refractivity contribution in [3.63, 3.8) is 0 Å². The Labute approximate surface area is 90.4 Å². The van der Waals surface area contributed by atoms with Crippen LogP contribution < -0.4 is 10.3 Å². The number of rotatable bonds is 1. The number of nitrogens with one attached hydrogen (secondary N) is 1. The van der Waals surface area contributed by atoms with Gasteiger partial charge in [0.2, 0.25) is 5.88 Å². The molecular formula is C7H5F3INO2. The van der Waals surface area contributed by atoms with Gasteiger partial charge in [0.05, 0.1) is 3.57 Å². The van der Waals surface area contributed by atoms with E-state index in [4.69, 9.17) is 0 Å². The van der Waals surface area contributed by atoms with Crippen LogP contribution in [-0.4, -0.2) is 11.3 Å². The number of hydrogen-bond donors (Lipinski definition) is 1. The highest BCUT2D eigenvalue weighted by atomic mass is 127. The Hall–Kier alpha value is -0.730. The molecule has 0 atom stereocenters. The summed E-state index contributed by atoms with van der Waals surface area (Å²) in [6.07, 6.45) is -4.79. The van der Waals surface area contributed by atoms with Crippen LogP contribution in [0.3, 0.4) is 0 Å². The van der Waals surface area contributed by atoms with E-state index in [0.717, 1.165) is 0 Å². The van der Waals surface area contributed by atoms with Gasteiger partial charge in [0.25, 0.3) is 5.56 Å². The number of aromatic nitrogens is 1. The Morgan fingerprint density at radius 3 is 2.57 bits per heavy atom. The van der Waals surface area contributed by atoms with Crippen LogP contribution in [0.2, 0.25) is 0 Å². The lowest BCUT2D eigenvalue weighted by atomic mass is 10.3. The zero-order valence-corrected chi connectivity index (χ0v) is 9.06. The van der Waals surface area contributed by atoms with Gasteiger partial charge in [-0.3, -0.25) is 9.78 Å². The molecule has 1 N–H and O–H groups in total. The molecule has 1 aromatic rings. The first-order valence-corrected chi connectivity index (χ1v) is 4.52. The molecule has 14 heavy (non-hydrogen) atoms. The Morgan fingerprint density at radius 1 is 1.50 bits per heavy atom. The highest BCUT2D eigenvalue weighted by Crippen LogP contribution is 2.25. The van der Waals surface area contributed by atoms with Gasteiger partial charge in [-0.05, 0) is 35.1 Å². The molecule has 3 nitrogen and oxygen atoms in total. The minimum Gasteiger partial charge on any atom is -0.389 e. The molecule has 0 saturated heterocycles. The Morgan fingerprint density at radius 2 is 2.07 bits per heavy atom. The summed E-state index contributed by atoms with van der Waals surface area (Å²) in [5.74, 6) is -0.567. The van der Waals surface area contributed by atoms with Gasteiger partial charge in [0.15, 0.2) is 0 Å². The van der Waals surface area contributed by atoms with E-state index < -0.39 is 17.8 Å².